The maximum Gasteiger partial charge on any atom is 0.264 e. The van der Waals surface area contributed by atoms with Crippen LogP contribution in [0.25, 0.3) is 22.8 Å². The maximum absolute atomic E-state index is 13.4. The summed E-state index contributed by atoms with van der Waals surface area (Å²) in [6.45, 7) is 3.23. The molecule has 0 fully saturated rings. The molecule has 0 atom stereocenters. The summed E-state index contributed by atoms with van der Waals surface area (Å²) in [6.07, 6.45) is 0. The molecule has 4 rings (SSSR count). The molecule has 0 bridgehead atoms. The lowest BCUT2D eigenvalue weighted by Gasteiger charge is -2.13. The second-order valence-electron chi connectivity index (χ2n) is 7.45. The topological polar surface area (TPSA) is 99.3 Å². The van der Waals surface area contributed by atoms with E-state index in [0.717, 1.165) is 0 Å². The number of anilines is 1. The molecular formula is C24H21FN4O4. The molecule has 0 unspecified atom stereocenters. The molecule has 9 heteroatoms. The summed E-state index contributed by atoms with van der Waals surface area (Å²) >= 11 is 0. The largest absolute Gasteiger partial charge is 0.497 e. The van der Waals surface area contributed by atoms with Crippen molar-refractivity contribution in [1.82, 2.24) is 14.7 Å². The second-order valence-corrected chi connectivity index (χ2v) is 7.45. The number of carbonyl (C=O) groups is 1. The first-order valence-electron chi connectivity index (χ1n) is 10.1. The lowest BCUT2D eigenvalue weighted by atomic mass is 10.1. The number of ether oxygens (including phenoxy) is 1. The minimum atomic E-state index is -0.470. The van der Waals surface area contributed by atoms with E-state index in [-0.39, 0.29) is 18.0 Å². The number of amides is 1. The van der Waals surface area contributed by atoms with Gasteiger partial charge in [0.2, 0.25) is 11.7 Å². The van der Waals surface area contributed by atoms with Crippen molar-refractivity contribution in [3.63, 3.8) is 0 Å². The molecule has 0 saturated heterocycles. The van der Waals surface area contributed by atoms with E-state index < -0.39 is 17.3 Å². The molecular weight excluding hydrogens is 427 g/mol. The summed E-state index contributed by atoms with van der Waals surface area (Å²) in [5.74, 6) is 0.133. The Morgan fingerprint density at radius 1 is 1.15 bits per heavy atom. The van der Waals surface area contributed by atoms with Crippen molar-refractivity contribution >= 4 is 11.6 Å². The summed E-state index contributed by atoms with van der Waals surface area (Å²) in [5.41, 5.74) is 2.01. The third kappa shape index (κ3) is 4.67. The number of nitrogens with zero attached hydrogens (tertiary/aromatic N) is 3. The highest BCUT2D eigenvalue weighted by Gasteiger charge is 2.20. The molecule has 33 heavy (non-hydrogen) atoms. The Balaban J connectivity index is 1.63. The van der Waals surface area contributed by atoms with Crippen molar-refractivity contribution < 1.29 is 18.4 Å². The number of benzene rings is 2. The molecule has 4 aromatic rings. The van der Waals surface area contributed by atoms with Crippen LogP contribution in [0.3, 0.4) is 0 Å². The van der Waals surface area contributed by atoms with Gasteiger partial charge < -0.3 is 19.1 Å². The van der Waals surface area contributed by atoms with E-state index in [0.29, 0.717) is 34.1 Å². The first-order valence-corrected chi connectivity index (χ1v) is 10.1. The predicted molar refractivity (Wildman–Crippen MR) is 120 cm³/mol. The molecule has 8 nitrogen and oxygen atoms in total. The number of hydrogen-bond acceptors (Lipinski definition) is 6. The Labute approximate surface area is 188 Å². The van der Waals surface area contributed by atoms with Crippen molar-refractivity contribution in [2.75, 3.05) is 12.4 Å². The lowest BCUT2D eigenvalue weighted by molar-refractivity contribution is -0.116. The molecule has 2 heterocycles. The standard InChI is InChI=1S/C24H21FN4O4/c1-14-11-15(2)29(13-20(30)26-18-6-4-5-17(25)12-18)24(31)21(14)23-27-22(28-33-23)16-7-9-19(32-3)10-8-16/h4-12H,13H2,1-3H3,(H,26,30). The summed E-state index contributed by atoms with van der Waals surface area (Å²) in [5, 5.41) is 6.58. The zero-order chi connectivity index (χ0) is 23.5. The van der Waals surface area contributed by atoms with Crippen LogP contribution in [-0.4, -0.2) is 27.7 Å². The van der Waals surface area contributed by atoms with Gasteiger partial charge in [0.15, 0.2) is 0 Å². The van der Waals surface area contributed by atoms with Gasteiger partial charge in [-0.2, -0.15) is 4.98 Å². The molecule has 0 spiro atoms. The normalized spacial score (nSPS) is 10.8. The predicted octanol–water partition coefficient (Wildman–Crippen LogP) is 3.97. The minimum Gasteiger partial charge on any atom is -0.497 e. The van der Waals surface area contributed by atoms with Gasteiger partial charge in [0.05, 0.1) is 7.11 Å². The Morgan fingerprint density at radius 2 is 1.91 bits per heavy atom. The molecule has 0 aliphatic rings. The van der Waals surface area contributed by atoms with Gasteiger partial charge >= 0.3 is 0 Å². The molecule has 168 valence electrons. The SMILES string of the molecule is COc1ccc(-c2noc(-c3c(C)cc(C)n(CC(=O)Nc4cccc(F)c4)c3=O)n2)cc1. The highest BCUT2D eigenvalue weighted by molar-refractivity contribution is 5.90. The van der Waals surface area contributed by atoms with Crippen LogP contribution in [0.5, 0.6) is 5.75 Å². The van der Waals surface area contributed by atoms with Crippen LogP contribution in [0.15, 0.2) is 63.9 Å². The Kier molecular flexibility index (Phi) is 6.03. The van der Waals surface area contributed by atoms with Crippen LogP contribution in [0.1, 0.15) is 11.3 Å². The van der Waals surface area contributed by atoms with Gasteiger partial charge in [0.1, 0.15) is 23.7 Å². The number of methoxy groups -OCH3 is 1. The van der Waals surface area contributed by atoms with Crippen LogP contribution in [0.4, 0.5) is 10.1 Å². The molecule has 2 aromatic heterocycles. The fourth-order valence-electron chi connectivity index (χ4n) is 3.48. The molecule has 2 aromatic carbocycles. The minimum absolute atomic E-state index is 0.0580. The molecule has 0 aliphatic heterocycles. The highest BCUT2D eigenvalue weighted by Crippen LogP contribution is 2.24. The van der Waals surface area contributed by atoms with E-state index >= 15 is 0 Å². The Bertz CT molecular complexity index is 1380. The smallest absolute Gasteiger partial charge is 0.264 e. The van der Waals surface area contributed by atoms with E-state index in [1.54, 1.807) is 57.4 Å². The van der Waals surface area contributed by atoms with Gasteiger partial charge in [-0.15, -0.1) is 0 Å². The van der Waals surface area contributed by atoms with Crippen molar-refractivity contribution in [2.24, 2.45) is 0 Å². The van der Waals surface area contributed by atoms with E-state index in [4.69, 9.17) is 9.26 Å². The fourth-order valence-corrected chi connectivity index (χ4v) is 3.48. The van der Waals surface area contributed by atoms with E-state index in [1.165, 1.54) is 22.8 Å². The molecule has 1 amide bonds. The van der Waals surface area contributed by atoms with Crippen LogP contribution >= 0.6 is 0 Å². The number of nitrogens with one attached hydrogen (secondary N) is 1. The van der Waals surface area contributed by atoms with E-state index in [1.807, 2.05) is 0 Å². The molecule has 0 saturated carbocycles. The molecule has 0 radical (unpaired) electrons. The van der Waals surface area contributed by atoms with E-state index in [9.17, 15) is 14.0 Å². The van der Waals surface area contributed by atoms with Crippen molar-refractivity contribution in [3.05, 3.63) is 82.0 Å². The lowest BCUT2D eigenvalue weighted by Crippen LogP contribution is -2.30. The number of halogens is 1. The third-order valence-corrected chi connectivity index (χ3v) is 5.10. The number of hydrogen-bond donors (Lipinski definition) is 1. The van der Waals surface area contributed by atoms with Gasteiger partial charge in [-0.1, -0.05) is 11.2 Å². The number of carbonyl (C=O) groups excluding carboxylic acids is 1. The van der Waals surface area contributed by atoms with Crippen molar-refractivity contribution in [1.29, 1.82) is 0 Å². The van der Waals surface area contributed by atoms with E-state index in [2.05, 4.69) is 15.5 Å². The van der Waals surface area contributed by atoms with Crippen LogP contribution < -0.4 is 15.6 Å². The average molecular weight is 448 g/mol. The zero-order valence-electron chi connectivity index (χ0n) is 18.3. The number of pyridine rings is 1. The van der Waals surface area contributed by atoms with Gasteiger partial charge in [0.25, 0.3) is 11.4 Å². The van der Waals surface area contributed by atoms with Crippen LogP contribution in [0, 0.1) is 19.7 Å². The first kappa shape index (κ1) is 21.9. The van der Waals surface area contributed by atoms with Gasteiger partial charge in [-0.05, 0) is 67.9 Å². The summed E-state index contributed by atoms with van der Waals surface area (Å²) < 4.78 is 25.2. The monoisotopic (exact) mass is 448 g/mol. The second kappa shape index (κ2) is 9.07. The molecule has 0 aliphatic carbocycles. The number of aryl methyl sites for hydroxylation is 2. The van der Waals surface area contributed by atoms with Gasteiger partial charge in [0, 0.05) is 16.9 Å². The first-order chi connectivity index (χ1) is 15.9. The zero-order valence-corrected chi connectivity index (χ0v) is 18.3. The van der Waals surface area contributed by atoms with Crippen LogP contribution in [0.2, 0.25) is 0 Å². The fraction of sp³-hybridized carbons (Fsp3) is 0.167. The Hall–Kier alpha value is -4.27. The van der Waals surface area contributed by atoms with Gasteiger partial charge in [-0.3, -0.25) is 9.59 Å². The molecule has 1 N–H and O–H groups in total. The van der Waals surface area contributed by atoms with Gasteiger partial charge in [-0.25, -0.2) is 4.39 Å². The maximum atomic E-state index is 13.4. The van der Waals surface area contributed by atoms with Crippen LogP contribution in [-0.2, 0) is 11.3 Å². The highest BCUT2D eigenvalue weighted by atomic mass is 19.1. The number of rotatable bonds is 6. The quantitative estimate of drug-likeness (QED) is 0.479. The summed E-state index contributed by atoms with van der Waals surface area (Å²) in [7, 11) is 1.57. The summed E-state index contributed by atoms with van der Waals surface area (Å²) in [6, 6.07) is 14.4. The van der Waals surface area contributed by atoms with Crippen molar-refractivity contribution in [3.8, 4) is 28.6 Å². The van der Waals surface area contributed by atoms with Crippen molar-refractivity contribution in [2.45, 2.75) is 20.4 Å². The summed E-state index contributed by atoms with van der Waals surface area (Å²) in [4.78, 5) is 30.2. The Morgan fingerprint density at radius 3 is 2.61 bits per heavy atom. The third-order valence-electron chi connectivity index (χ3n) is 5.10. The number of aromatic nitrogens is 3. The average Bonchev–Trinajstić information content (AvgIpc) is 3.26.